The van der Waals surface area contributed by atoms with Gasteiger partial charge in [0.1, 0.15) is 5.60 Å². The summed E-state index contributed by atoms with van der Waals surface area (Å²) < 4.78 is 6.48. The number of hydrogen-bond acceptors (Lipinski definition) is 5. The fourth-order valence-electron chi connectivity index (χ4n) is 2.51. The number of nitrogens with zero attached hydrogens (tertiary/aromatic N) is 1. The summed E-state index contributed by atoms with van der Waals surface area (Å²) in [7, 11) is 0. The summed E-state index contributed by atoms with van der Waals surface area (Å²) in [6.45, 7) is 7.72. The van der Waals surface area contributed by atoms with Gasteiger partial charge in [-0.3, -0.25) is 4.98 Å². The number of pyridine rings is 1. The van der Waals surface area contributed by atoms with Crippen LogP contribution in [-0.4, -0.2) is 28.8 Å². The van der Waals surface area contributed by atoms with Crippen LogP contribution in [0.4, 0.5) is 4.79 Å². The molecular formula is C17H23N3O2S. The van der Waals surface area contributed by atoms with E-state index in [2.05, 4.69) is 34.0 Å². The Bertz CT molecular complexity index is 707. The first-order chi connectivity index (χ1) is 10.8. The number of carbonyl (C=O) groups is 1. The lowest BCUT2D eigenvalue weighted by molar-refractivity contribution is 0.0522. The molecule has 2 N–H and O–H groups in total. The maximum atomic E-state index is 11.8. The van der Waals surface area contributed by atoms with Crippen molar-refractivity contribution in [1.29, 1.82) is 0 Å². The first kappa shape index (κ1) is 16.2. The number of thiophene rings is 1. The van der Waals surface area contributed by atoms with Crippen LogP contribution in [0.1, 0.15) is 45.7 Å². The Kier molecular flexibility index (Phi) is 4.29. The number of fused-ring (bicyclic) bond motifs is 1. The van der Waals surface area contributed by atoms with Crippen molar-refractivity contribution in [3.05, 3.63) is 29.3 Å². The molecule has 0 aromatic carbocycles. The predicted octanol–water partition coefficient (Wildman–Crippen LogP) is 3.61. The van der Waals surface area contributed by atoms with Crippen molar-refractivity contribution >= 4 is 27.6 Å². The highest BCUT2D eigenvalue weighted by molar-refractivity contribution is 7.17. The number of amides is 1. The van der Waals surface area contributed by atoms with Crippen LogP contribution in [-0.2, 0) is 4.74 Å². The Hall–Kier alpha value is -1.66. The smallest absolute Gasteiger partial charge is 0.407 e. The van der Waals surface area contributed by atoms with E-state index in [0.29, 0.717) is 0 Å². The zero-order valence-corrected chi connectivity index (χ0v) is 14.7. The molecule has 23 heavy (non-hydrogen) atoms. The van der Waals surface area contributed by atoms with E-state index in [1.807, 2.05) is 33.0 Å². The summed E-state index contributed by atoms with van der Waals surface area (Å²) in [6.07, 6.45) is 2.50. The van der Waals surface area contributed by atoms with Crippen LogP contribution >= 0.6 is 11.3 Å². The summed E-state index contributed by atoms with van der Waals surface area (Å²) in [4.78, 5) is 16.2. The Morgan fingerprint density at radius 3 is 2.96 bits per heavy atom. The van der Waals surface area contributed by atoms with Gasteiger partial charge in [0.2, 0.25) is 0 Å². The topological polar surface area (TPSA) is 63.2 Å². The minimum atomic E-state index is -0.461. The molecule has 1 saturated carbocycles. The van der Waals surface area contributed by atoms with E-state index in [-0.39, 0.29) is 24.2 Å². The van der Waals surface area contributed by atoms with Crippen LogP contribution in [0.3, 0.4) is 0 Å². The second kappa shape index (κ2) is 6.09. The zero-order chi connectivity index (χ0) is 16.6. The summed E-state index contributed by atoms with van der Waals surface area (Å²) >= 11 is 1.70. The fraction of sp³-hybridized carbons (Fsp3) is 0.529. The predicted molar refractivity (Wildman–Crippen MR) is 92.7 cm³/mol. The summed E-state index contributed by atoms with van der Waals surface area (Å²) in [5.41, 5.74) is 1.75. The van der Waals surface area contributed by atoms with Gasteiger partial charge in [-0.15, -0.1) is 11.3 Å². The van der Waals surface area contributed by atoms with Crippen molar-refractivity contribution in [3.63, 3.8) is 0 Å². The minimum absolute atomic E-state index is 0.144. The van der Waals surface area contributed by atoms with Crippen LogP contribution in [0.2, 0.25) is 0 Å². The van der Waals surface area contributed by atoms with Gasteiger partial charge < -0.3 is 15.4 Å². The molecule has 3 rings (SSSR count). The minimum Gasteiger partial charge on any atom is -0.444 e. The lowest BCUT2D eigenvalue weighted by Gasteiger charge is -2.20. The highest BCUT2D eigenvalue weighted by Gasteiger charge is 2.40. The van der Waals surface area contributed by atoms with Gasteiger partial charge in [0.05, 0.1) is 10.2 Å². The van der Waals surface area contributed by atoms with Crippen molar-refractivity contribution in [3.8, 4) is 0 Å². The molecule has 0 aliphatic heterocycles. The largest absolute Gasteiger partial charge is 0.444 e. The van der Waals surface area contributed by atoms with E-state index in [9.17, 15) is 4.79 Å². The summed E-state index contributed by atoms with van der Waals surface area (Å²) in [6, 6.07) is 4.85. The highest BCUT2D eigenvalue weighted by atomic mass is 32.1. The number of nitrogens with one attached hydrogen (secondary N) is 2. The maximum Gasteiger partial charge on any atom is 0.407 e. The second-order valence-corrected chi connectivity index (χ2v) is 8.00. The zero-order valence-electron chi connectivity index (χ0n) is 13.9. The van der Waals surface area contributed by atoms with E-state index < -0.39 is 5.60 Å². The molecule has 124 valence electrons. The monoisotopic (exact) mass is 333 g/mol. The Balaban J connectivity index is 1.51. The van der Waals surface area contributed by atoms with Gasteiger partial charge in [0, 0.05) is 24.3 Å². The Labute approximate surface area is 140 Å². The third-order valence-electron chi connectivity index (χ3n) is 3.78. The van der Waals surface area contributed by atoms with Crippen LogP contribution in [0.25, 0.3) is 10.2 Å². The van der Waals surface area contributed by atoms with Gasteiger partial charge in [-0.25, -0.2) is 4.79 Å². The number of ether oxygens (including phenoxy) is 1. The second-order valence-electron chi connectivity index (χ2n) is 7.06. The average molecular weight is 333 g/mol. The molecule has 6 heteroatoms. The average Bonchev–Trinajstić information content (AvgIpc) is 2.99. The lowest BCUT2D eigenvalue weighted by Crippen LogP contribution is -2.37. The molecule has 0 saturated heterocycles. The number of rotatable bonds is 4. The molecule has 0 spiro atoms. The molecule has 1 aliphatic rings. The first-order valence-corrected chi connectivity index (χ1v) is 8.78. The third kappa shape index (κ3) is 4.20. The van der Waals surface area contributed by atoms with Gasteiger partial charge >= 0.3 is 6.09 Å². The molecular weight excluding hydrogens is 310 g/mol. The van der Waals surface area contributed by atoms with Crippen LogP contribution in [0.5, 0.6) is 0 Å². The maximum absolute atomic E-state index is 11.8. The molecule has 3 atom stereocenters. The number of alkyl carbamates (subject to hydrolysis) is 1. The molecule has 0 radical (unpaired) electrons. The van der Waals surface area contributed by atoms with Gasteiger partial charge in [-0.05, 0) is 57.2 Å². The van der Waals surface area contributed by atoms with Crippen molar-refractivity contribution in [2.75, 3.05) is 0 Å². The molecule has 1 aliphatic carbocycles. The third-order valence-corrected chi connectivity index (χ3v) is 4.63. The molecule has 0 bridgehead atoms. The van der Waals surface area contributed by atoms with Crippen LogP contribution in [0.15, 0.2) is 23.7 Å². The van der Waals surface area contributed by atoms with Crippen LogP contribution < -0.4 is 10.6 Å². The summed E-state index contributed by atoms with van der Waals surface area (Å²) in [5, 5.41) is 8.50. The molecule has 5 nitrogen and oxygen atoms in total. The molecule has 2 aromatic heterocycles. The van der Waals surface area contributed by atoms with Crippen molar-refractivity contribution in [2.45, 2.75) is 57.8 Å². The van der Waals surface area contributed by atoms with Crippen molar-refractivity contribution < 1.29 is 9.53 Å². The SMILES string of the molecule is CC(NC1CC1NC(=O)OC(C)(C)C)c1cnc2ccsc2c1. The normalized spacial score (nSPS) is 21.9. The first-order valence-electron chi connectivity index (χ1n) is 7.90. The standard InChI is InChI=1S/C17H23N3O2S/c1-10(11-7-15-12(18-9-11)5-6-23-15)19-13-8-14(13)20-16(21)22-17(2,3)4/h5-7,9-10,13-14,19H,8H2,1-4H3,(H,20,21). The number of aromatic nitrogens is 1. The molecule has 1 amide bonds. The van der Waals surface area contributed by atoms with E-state index >= 15 is 0 Å². The van der Waals surface area contributed by atoms with Crippen molar-refractivity contribution in [1.82, 2.24) is 15.6 Å². The molecule has 2 aromatic rings. The molecule has 2 heterocycles. The quantitative estimate of drug-likeness (QED) is 0.897. The van der Waals surface area contributed by atoms with E-state index in [4.69, 9.17) is 4.74 Å². The highest BCUT2D eigenvalue weighted by Crippen LogP contribution is 2.27. The Morgan fingerprint density at radius 2 is 2.22 bits per heavy atom. The number of hydrogen-bond donors (Lipinski definition) is 2. The van der Waals surface area contributed by atoms with Crippen molar-refractivity contribution in [2.24, 2.45) is 0 Å². The van der Waals surface area contributed by atoms with Gasteiger partial charge in [-0.1, -0.05) is 0 Å². The van der Waals surface area contributed by atoms with E-state index in [1.165, 1.54) is 10.3 Å². The fourth-order valence-corrected chi connectivity index (χ4v) is 3.30. The lowest BCUT2D eigenvalue weighted by atomic mass is 10.1. The molecule has 3 unspecified atom stereocenters. The van der Waals surface area contributed by atoms with E-state index in [1.54, 1.807) is 11.3 Å². The Morgan fingerprint density at radius 1 is 1.43 bits per heavy atom. The van der Waals surface area contributed by atoms with Crippen LogP contribution in [0, 0.1) is 0 Å². The van der Waals surface area contributed by atoms with Gasteiger partial charge in [-0.2, -0.15) is 0 Å². The molecule has 1 fully saturated rings. The number of carbonyl (C=O) groups excluding carboxylic acids is 1. The summed E-state index contributed by atoms with van der Waals surface area (Å²) in [5.74, 6) is 0. The van der Waals surface area contributed by atoms with Gasteiger partial charge in [0.25, 0.3) is 0 Å². The van der Waals surface area contributed by atoms with Gasteiger partial charge in [0.15, 0.2) is 0 Å². The van der Waals surface area contributed by atoms with E-state index in [0.717, 1.165) is 11.9 Å².